The second-order valence-corrected chi connectivity index (χ2v) is 4.66. The summed E-state index contributed by atoms with van der Waals surface area (Å²) in [7, 11) is 3.54. The molecular formula is C16H19FN2O. The number of hydrogen-bond donors (Lipinski definition) is 1. The van der Waals surface area contributed by atoms with Gasteiger partial charge in [-0.05, 0) is 29.8 Å². The summed E-state index contributed by atoms with van der Waals surface area (Å²) >= 11 is 0. The van der Waals surface area contributed by atoms with E-state index in [4.69, 9.17) is 10.5 Å². The van der Waals surface area contributed by atoms with Crippen LogP contribution in [0.4, 0.5) is 10.1 Å². The SMILES string of the molecule is COc1ccccc1N(C)Cc1cc(CN)ccc1F. The second-order valence-electron chi connectivity index (χ2n) is 4.66. The van der Waals surface area contributed by atoms with Gasteiger partial charge in [0.2, 0.25) is 0 Å². The molecule has 0 radical (unpaired) electrons. The molecule has 0 bridgehead atoms. The van der Waals surface area contributed by atoms with Crippen LogP contribution in [0.2, 0.25) is 0 Å². The first-order valence-electron chi connectivity index (χ1n) is 6.47. The molecule has 0 atom stereocenters. The van der Waals surface area contributed by atoms with E-state index in [0.717, 1.165) is 17.0 Å². The zero-order chi connectivity index (χ0) is 14.5. The van der Waals surface area contributed by atoms with Crippen LogP contribution in [0, 0.1) is 5.82 Å². The predicted molar refractivity (Wildman–Crippen MR) is 79.4 cm³/mol. The van der Waals surface area contributed by atoms with E-state index in [1.54, 1.807) is 19.2 Å². The van der Waals surface area contributed by atoms with E-state index in [1.165, 1.54) is 6.07 Å². The maximum atomic E-state index is 13.9. The highest BCUT2D eigenvalue weighted by Gasteiger charge is 2.11. The van der Waals surface area contributed by atoms with Crippen LogP contribution in [0.1, 0.15) is 11.1 Å². The highest BCUT2D eigenvalue weighted by molar-refractivity contribution is 5.58. The van der Waals surface area contributed by atoms with Crippen LogP contribution in [0.5, 0.6) is 5.75 Å². The number of rotatable bonds is 5. The normalized spacial score (nSPS) is 10.4. The summed E-state index contributed by atoms with van der Waals surface area (Å²) in [5, 5.41) is 0. The Labute approximate surface area is 118 Å². The van der Waals surface area contributed by atoms with Gasteiger partial charge in [-0.1, -0.05) is 18.2 Å². The van der Waals surface area contributed by atoms with Gasteiger partial charge in [-0.25, -0.2) is 4.39 Å². The fourth-order valence-electron chi connectivity index (χ4n) is 2.16. The molecule has 0 unspecified atom stereocenters. The molecular weight excluding hydrogens is 255 g/mol. The summed E-state index contributed by atoms with van der Waals surface area (Å²) in [5.41, 5.74) is 8.08. The summed E-state index contributed by atoms with van der Waals surface area (Å²) in [5.74, 6) is 0.550. The fourth-order valence-corrected chi connectivity index (χ4v) is 2.16. The van der Waals surface area contributed by atoms with Crippen molar-refractivity contribution in [3.63, 3.8) is 0 Å². The minimum atomic E-state index is -0.219. The van der Waals surface area contributed by atoms with Crippen LogP contribution in [0.15, 0.2) is 42.5 Å². The molecule has 0 saturated carbocycles. The minimum Gasteiger partial charge on any atom is -0.495 e. The maximum absolute atomic E-state index is 13.9. The summed E-state index contributed by atoms with van der Waals surface area (Å²) in [6.07, 6.45) is 0. The third-order valence-corrected chi connectivity index (χ3v) is 3.25. The van der Waals surface area contributed by atoms with Crippen molar-refractivity contribution >= 4 is 5.69 Å². The first-order valence-corrected chi connectivity index (χ1v) is 6.47. The summed E-state index contributed by atoms with van der Waals surface area (Å²) < 4.78 is 19.2. The van der Waals surface area contributed by atoms with Crippen LogP contribution in [0.3, 0.4) is 0 Å². The van der Waals surface area contributed by atoms with E-state index in [-0.39, 0.29) is 5.82 Å². The standard InChI is InChI=1S/C16H19FN2O/c1-19(15-5-3-4-6-16(15)20-2)11-13-9-12(10-18)7-8-14(13)17/h3-9H,10-11,18H2,1-2H3. The number of hydrogen-bond acceptors (Lipinski definition) is 3. The van der Waals surface area contributed by atoms with Gasteiger partial charge in [0, 0.05) is 25.7 Å². The van der Waals surface area contributed by atoms with Crippen molar-refractivity contribution in [1.29, 1.82) is 0 Å². The van der Waals surface area contributed by atoms with Gasteiger partial charge >= 0.3 is 0 Å². The fraction of sp³-hybridized carbons (Fsp3) is 0.250. The highest BCUT2D eigenvalue weighted by Crippen LogP contribution is 2.28. The Hall–Kier alpha value is -2.07. The van der Waals surface area contributed by atoms with Gasteiger partial charge in [-0.3, -0.25) is 0 Å². The topological polar surface area (TPSA) is 38.5 Å². The van der Waals surface area contributed by atoms with Crippen molar-refractivity contribution < 1.29 is 9.13 Å². The smallest absolute Gasteiger partial charge is 0.142 e. The van der Waals surface area contributed by atoms with Crippen LogP contribution < -0.4 is 15.4 Å². The van der Waals surface area contributed by atoms with E-state index in [1.807, 2.05) is 36.2 Å². The molecule has 20 heavy (non-hydrogen) atoms. The van der Waals surface area contributed by atoms with Gasteiger partial charge in [0.1, 0.15) is 11.6 Å². The Morgan fingerprint density at radius 2 is 1.95 bits per heavy atom. The molecule has 2 rings (SSSR count). The largest absolute Gasteiger partial charge is 0.495 e. The number of halogens is 1. The molecule has 0 spiro atoms. The third kappa shape index (κ3) is 3.08. The van der Waals surface area contributed by atoms with Gasteiger partial charge in [0.15, 0.2) is 0 Å². The Bertz CT molecular complexity index is 586. The molecule has 3 nitrogen and oxygen atoms in total. The van der Waals surface area contributed by atoms with E-state index in [0.29, 0.717) is 18.7 Å². The van der Waals surface area contributed by atoms with Gasteiger partial charge in [-0.2, -0.15) is 0 Å². The predicted octanol–water partition coefficient (Wildman–Crippen LogP) is 2.93. The average Bonchev–Trinajstić information content (AvgIpc) is 2.49. The number of methoxy groups -OCH3 is 1. The van der Waals surface area contributed by atoms with Crippen molar-refractivity contribution in [3.05, 3.63) is 59.4 Å². The first kappa shape index (κ1) is 14.3. The van der Waals surface area contributed by atoms with E-state index in [2.05, 4.69) is 0 Å². The Kier molecular flexibility index (Phi) is 4.58. The molecule has 2 N–H and O–H groups in total. The number of nitrogens with zero attached hydrogens (tertiary/aromatic N) is 1. The monoisotopic (exact) mass is 274 g/mol. The molecule has 2 aromatic carbocycles. The van der Waals surface area contributed by atoms with Gasteiger partial charge in [-0.15, -0.1) is 0 Å². The molecule has 0 amide bonds. The van der Waals surface area contributed by atoms with E-state index in [9.17, 15) is 4.39 Å². The Balaban J connectivity index is 2.25. The van der Waals surface area contributed by atoms with Crippen LogP contribution >= 0.6 is 0 Å². The zero-order valence-corrected chi connectivity index (χ0v) is 11.8. The zero-order valence-electron chi connectivity index (χ0n) is 11.8. The summed E-state index contributed by atoms with van der Waals surface area (Å²) in [4.78, 5) is 1.96. The van der Waals surface area contributed by atoms with Gasteiger partial charge in [0.25, 0.3) is 0 Å². The van der Waals surface area contributed by atoms with Gasteiger partial charge in [0.05, 0.1) is 12.8 Å². The summed E-state index contributed by atoms with van der Waals surface area (Å²) in [6.45, 7) is 0.867. The number of ether oxygens (including phenoxy) is 1. The molecule has 0 fully saturated rings. The lowest BCUT2D eigenvalue weighted by atomic mass is 10.1. The van der Waals surface area contributed by atoms with Crippen molar-refractivity contribution in [3.8, 4) is 5.75 Å². The lowest BCUT2D eigenvalue weighted by Crippen LogP contribution is -2.18. The Morgan fingerprint density at radius 1 is 1.20 bits per heavy atom. The summed E-state index contributed by atoms with van der Waals surface area (Å²) in [6, 6.07) is 12.7. The van der Waals surface area contributed by atoms with Crippen LogP contribution in [0.25, 0.3) is 0 Å². The maximum Gasteiger partial charge on any atom is 0.142 e. The van der Waals surface area contributed by atoms with Crippen LogP contribution in [-0.2, 0) is 13.1 Å². The van der Waals surface area contributed by atoms with Gasteiger partial charge < -0.3 is 15.4 Å². The first-order chi connectivity index (χ1) is 9.65. The second kappa shape index (κ2) is 6.39. The number of benzene rings is 2. The molecule has 0 saturated heterocycles. The molecule has 106 valence electrons. The van der Waals surface area contributed by atoms with E-state index < -0.39 is 0 Å². The minimum absolute atomic E-state index is 0.219. The molecule has 4 heteroatoms. The number of anilines is 1. The Morgan fingerprint density at radius 3 is 2.65 bits per heavy atom. The van der Waals surface area contributed by atoms with Crippen molar-refractivity contribution in [2.75, 3.05) is 19.1 Å². The molecule has 0 aliphatic heterocycles. The molecule has 0 aliphatic rings. The molecule has 0 aromatic heterocycles. The average molecular weight is 274 g/mol. The van der Waals surface area contributed by atoms with Crippen LogP contribution in [-0.4, -0.2) is 14.2 Å². The van der Waals surface area contributed by atoms with E-state index >= 15 is 0 Å². The number of para-hydroxylation sites is 2. The molecule has 0 aliphatic carbocycles. The molecule has 2 aromatic rings. The quantitative estimate of drug-likeness (QED) is 0.911. The molecule has 0 heterocycles. The third-order valence-electron chi connectivity index (χ3n) is 3.25. The number of nitrogens with two attached hydrogens (primary N) is 1. The van der Waals surface area contributed by atoms with Crippen molar-refractivity contribution in [2.45, 2.75) is 13.1 Å². The lowest BCUT2D eigenvalue weighted by molar-refractivity contribution is 0.414. The lowest BCUT2D eigenvalue weighted by Gasteiger charge is -2.22. The highest BCUT2D eigenvalue weighted by atomic mass is 19.1. The van der Waals surface area contributed by atoms with Crippen molar-refractivity contribution in [1.82, 2.24) is 0 Å². The van der Waals surface area contributed by atoms with Crippen molar-refractivity contribution in [2.24, 2.45) is 5.73 Å².